The smallest absolute Gasteiger partial charge is 0.251 e. The van der Waals surface area contributed by atoms with Crippen molar-refractivity contribution in [2.75, 3.05) is 0 Å². The molecule has 122 valence electrons. The van der Waals surface area contributed by atoms with Crippen molar-refractivity contribution in [3.05, 3.63) is 77.0 Å². The van der Waals surface area contributed by atoms with E-state index in [2.05, 4.69) is 10.5 Å². The van der Waals surface area contributed by atoms with Crippen LogP contribution in [0.15, 0.2) is 53.1 Å². The molecule has 6 heteroatoms. The van der Waals surface area contributed by atoms with E-state index in [1.165, 1.54) is 12.1 Å². The molecule has 0 bridgehead atoms. The SMILES string of the molecule is Cc1ccc(C(=O)NCc2cc(-c3ccc(F)cc3F)on2)cc1. The summed E-state index contributed by atoms with van der Waals surface area (Å²) < 4.78 is 31.7. The van der Waals surface area contributed by atoms with E-state index in [0.717, 1.165) is 17.7 Å². The number of nitrogens with one attached hydrogen (secondary N) is 1. The first-order valence-electron chi connectivity index (χ1n) is 7.29. The lowest BCUT2D eigenvalue weighted by Gasteiger charge is -2.03. The van der Waals surface area contributed by atoms with E-state index in [9.17, 15) is 13.6 Å². The predicted octanol–water partition coefficient (Wildman–Crippen LogP) is 3.86. The van der Waals surface area contributed by atoms with Crippen LogP contribution in [0.5, 0.6) is 0 Å². The van der Waals surface area contributed by atoms with Crippen LogP contribution in [0.3, 0.4) is 0 Å². The summed E-state index contributed by atoms with van der Waals surface area (Å²) in [5, 5.41) is 6.49. The minimum Gasteiger partial charge on any atom is -0.356 e. The average molecular weight is 328 g/mol. The molecule has 0 aliphatic carbocycles. The summed E-state index contributed by atoms with van der Waals surface area (Å²) in [4.78, 5) is 12.0. The zero-order chi connectivity index (χ0) is 17.1. The molecule has 0 saturated heterocycles. The Kier molecular flexibility index (Phi) is 4.37. The fourth-order valence-corrected chi connectivity index (χ4v) is 2.19. The van der Waals surface area contributed by atoms with Crippen molar-refractivity contribution in [3.63, 3.8) is 0 Å². The number of hydrogen-bond acceptors (Lipinski definition) is 3. The highest BCUT2D eigenvalue weighted by atomic mass is 19.1. The Bertz CT molecular complexity index is 873. The normalized spacial score (nSPS) is 10.6. The Labute approximate surface area is 137 Å². The highest BCUT2D eigenvalue weighted by Crippen LogP contribution is 2.24. The number of benzene rings is 2. The molecule has 0 unspecified atom stereocenters. The molecule has 4 nitrogen and oxygen atoms in total. The number of amides is 1. The number of nitrogens with zero attached hydrogens (tertiary/aromatic N) is 1. The topological polar surface area (TPSA) is 55.1 Å². The van der Waals surface area contributed by atoms with Crippen molar-refractivity contribution >= 4 is 5.91 Å². The fourth-order valence-electron chi connectivity index (χ4n) is 2.19. The number of aromatic nitrogens is 1. The van der Waals surface area contributed by atoms with Crippen LogP contribution in [0.1, 0.15) is 21.6 Å². The van der Waals surface area contributed by atoms with Gasteiger partial charge in [-0.1, -0.05) is 22.9 Å². The molecule has 3 aromatic rings. The van der Waals surface area contributed by atoms with E-state index in [-0.39, 0.29) is 23.8 Å². The minimum absolute atomic E-state index is 0.111. The molecule has 1 aromatic heterocycles. The number of aryl methyl sites for hydroxylation is 1. The van der Waals surface area contributed by atoms with Crippen molar-refractivity contribution in [1.82, 2.24) is 10.5 Å². The third-order valence-corrected chi connectivity index (χ3v) is 3.50. The Morgan fingerprint density at radius 3 is 2.58 bits per heavy atom. The van der Waals surface area contributed by atoms with Crippen LogP contribution >= 0.6 is 0 Å². The second-order valence-electron chi connectivity index (χ2n) is 5.36. The Morgan fingerprint density at radius 1 is 1.12 bits per heavy atom. The Hall–Kier alpha value is -3.02. The van der Waals surface area contributed by atoms with Crippen molar-refractivity contribution < 1.29 is 18.1 Å². The third-order valence-electron chi connectivity index (χ3n) is 3.50. The Morgan fingerprint density at radius 2 is 1.88 bits per heavy atom. The Balaban J connectivity index is 1.68. The van der Waals surface area contributed by atoms with E-state index < -0.39 is 11.6 Å². The van der Waals surface area contributed by atoms with Gasteiger partial charge in [0.15, 0.2) is 5.76 Å². The van der Waals surface area contributed by atoms with Crippen LogP contribution in [0.2, 0.25) is 0 Å². The second kappa shape index (κ2) is 6.62. The summed E-state index contributed by atoms with van der Waals surface area (Å²) in [6.45, 7) is 2.08. The fraction of sp³-hybridized carbons (Fsp3) is 0.111. The molecule has 1 N–H and O–H groups in total. The van der Waals surface area contributed by atoms with Crippen LogP contribution < -0.4 is 5.32 Å². The molecule has 0 fully saturated rings. The van der Waals surface area contributed by atoms with Crippen molar-refractivity contribution in [2.45, 2.75) is 13.5 Å². The molecule has 1 heterocycles. The van der Waals surface area contributed by atoms with Gasteiger partial charge in [-0.2, -0.15) is 0 Å². The van der Waals surface area contributed by atoms with Gasteiger partial charge in [0, 0.05) is 17.7 Å². The van der Waals surface area contributed by atoms with Gasteiger partial charge in [-0.3, -0.25) is 4.79 Å². The summed E-state index contributed by atoms with van der Waals surface area (Å²) in [6.07, 6.45) is 0. The van der Waals surface area contributed by atoms with Gasteiger partial charge < -0.3 is 9.84 Å². The molecule has 0 radical (unpaired) electrons. The standard InChI is InChI=1S/C18H14F2N2O2/c1-11-2-4-12(5-3-11)18(23)21-10-14-9-17(24-22-14)15-7-6-13(19)8-16(15)20/h2-9H,10H2,1H3,(H,21,23). The van der Waals surface area contributed by atoms with E-state index in [4.69, 9.17) is 4.52 Å². The molecule has 0 aliphatic rings. The van der Waals surface area contributed by atoms with E-state index >= 15 is 0 Å². The number of carbonyl (C=O) groups is 1. The number of carbonyl (C=O) groups excluding carboxylic acids is 1. The van der Waals surface area contributed by atoms with E-state index in [0.29, 0.717) is 11.3 Å². The van der Waals surface area contributed by atoms with Crippen LogP contribution in [-0.2, 0) is 6.54 Å². The van der Waals surface area contributed by atoms with Crippen LogP contribution in [0, 0.1) is 18.6 Å². The summed E-state index contributed by atoms with van der Waals surface area (Å²) in [5.74, 6) is -1.47. The van der Waals surface area contributed by atoms with Crippen LogP contribution in [0.4, 0.5) is 8.78 Å². The lowest BCUT2D eigenvalue weighted by molar-refractivity contribution is 0.0950. The largest absolute Gasteiger partial charge is 0.356 e. The van der Waals surface area contributed by atoms with Gasteiger partial charge in [-0.05, 0) is 31.2 Å². The van der Waals surface area contributed by atoms with Gasteiger partial charge >= 0.3 is 0 Å². The summed E-state index contributed by atoms with van der Waals surface area (Å²) >= 11 is 0. The molecule has 1 amide bonds. The molecule has 0 aliphatic heterocycles. The molecule has 24 heavy (non-hydrogen) atoms. The molecular formula is C18H14F2N2O2. The average Bonchev–Trinajstić information content (AvgIpc) is 3.02. The zero-order valence-electron chi connectivity index (χ0n) is 12.8. The van der Waals surface area contributed by atoms with Gasteiger partial charge in [-0.25, -0.2) is 8.78 Å². The monoisotopic (exact) mass is 328 g/mol. The van der Waals surface area contributed by atoms with Gasteiger partial charge in [0.05, 0.1) is 12.1 Å². The maximum absolute atomic E-state index is 13.7. The molecule has 3 rings (SSSR count). The maximum Gasteiger partial charge on any atom is 0.251 e. The molecular weight excluding hydrogens is 314 g/mol. The maximum atomic E-state index is 13.7. The highest BCUT2D eigenvalue weighted by Gasteiger charge is 2.13. The zero-order valence-corrected chi connectivity index (χ0v) is 12.8. The molecule has 0 atom stereocenters. The van der Waals surface area contributed by atoms with Crippen molar-refractivity contribution in [3.8, 4) is 11.3 Å². The third kappa shape index (κ3) is 3.48. The van der Waals surface area contributed by atoms with Gasteiger partial charge in [0.25, 0.3) is 5.91 Å². The summed E-state index contributed by atoms with van der Waals surface area (Å²) in [6, 6.07) is 11.8. The van der Waals surface area contributed by atoms with E-state index in [1.54, 1.807) is 12.1 Å². The molecule has 0 saturated carbocycles. The van der Waals surface area contributed by atoms with Crippen molar-refractivity contribution in [2.24, 2.45) is 0 Å². The predicted molar refractivity (Wildman–Crippen MR) is 84.2 cm³/mol. The highest BCUT2D eigenvalue weighted by molar-refractivity contribution is 5.94. The molecule has 2 aromatic carbocycles. The summed E-state index contributed by atoms with van der Waals surface area (Å²) in [7, 11) is 0. The second-order valence-corrected chi connectivity index (χ2v) is 5.36. The van der Waals surface area contributed by atoms with Gasteiger partial charge in [0.2, 0.25) is 0 Å². The quantitative estimate of drug-likeness (QED) is 0.791. The lowest BCUT2D eigenvalue weighted by Crippen LogP contribution is -2.22. The number of halogens is 2. The van der Waals surface area contributed by atoms with Gasteiger partial charge in [0.1, 0.15) is 17.3 Å². The first-order chi connectivity index (χ1) is 11.5. The first-order valence-corrected chi connectivity index (χ1v) is 7.29. The van der Waals surface area contributed by atoms with Gasteiger partial charge in [-0.15, -0.1) is 0 Å². The summed E-state index contributed by atoms with van der Waals surface area (Å²) in [5.41, 5.74) is 2.15. The van der Waals surface area contributed by atoms with Crippen molar-refractivity contribution in [1.29, 1.82) is 0 Å². The first kappa shape index (κ1) is 15.9. The number of rotatable bonds is 4. The van der Waals surface area contributed by atoms with Crippen LogP contribution in [-0.4, -0.2) is 11.1 Å². The molecule has 0 spiro atoms. The number of hydrogen-bond donors (Lipinski definition) is 1. The van der Waals surface area contributed by atoms with Crippen LogP contribution in [0.25, 0.3) is 11.3 Å². The minimum atomic E-state index is -0.735. The lowest BCUT2D eigenvalue weighted by atomic mass is 10.1. The van der Waals surface area contributed by atoms with E-state index in [1.807, 2.05) is 19.1 Å².